The first kappa shape index (κ1) is 16.2. The van der Waals surface area contributed by atoms with Gasteiger partial charge in [-0.3, -0.25) is 4.79 Å². The van der Waals surface area contributed by atoms with Crippen LogP contribution in [0.15, 0.2) is 18.2 Å². The molecule has 4 heteroatoms. The molecule has 0 atom stereocenters. The lowest BCUT2D eigenvalue weighted by molar-refractivity contribution is -0.144. The molecule has 116 valence electrons. The number of halogens is 1. The maximum atomic E-state index is 11.5. The second kappa shape index (κ2) is 7.69. The van der Waals surface area contributed by atoms with Crippen LogP contribution in [0.5, 0.6) is 5.75 Å². The third-order valence-electron chi connectivity index (χ3n) is 4.07. The first-order chi connectivity index (χ1) is 10.1. The van der Waals surface area contributed by atoms with Gasteiger partial charge in [0.1, 0.15) is 5.75 Å². The summed E-state index contributed by atoms with van der Waals surface area (Å²) in [5.41, 5.74) is 0.993. The molecule has 1 fully saturated rings. The maximum absolute atomic E-state index is 11.5. The van der Waals surface area contributed by atoms with E-state index in [4.69, 9.17) is 21.1 Å². The van der Waals surface area contributed by atoms with Crippen LogP contribution in [-0.4, -0.2) is 18.7 Å². The van der Waals surface area contributed by atoms with Crippen molar-refractivity contribution in [2.24, 2.45) is 5.92 Å². The van der Waals surface area contributed by atoms with Gasteiger partial charge >= 0.3 is 5.97 Å². The highest BCUT2D eigenvalue weighted by molar-refractivity contribution is 6.31. The van der Waals surface area contributed by atoms with Crippen molar-refractivity contribution in [1.29, 1.82) is 0 Å². The fraction of sp³-hybridized carbons (Fsp3) is 0.588. The van der Waals surface area contributed by atoms with Crippen molar-refractivity contribution in [1.82, 2.24) is 0 Å². The monoisotopic (exact) mass is 310 g/mol. The van der Waals surface area contributed by atoms with Gasteiger partial charge in [0.15, 0.2) is 0 Å². The second-order valence-electron chi connectivity index (χ2n) is 5.63. The number of hydrogen-bond donors (Lipinski definition) is 0. The van der Waals surface area contributed by atoms with Gasteiger partial charge in [-0.2, -0.15) is 0 Å². The quantitative estimate of drug-likeness (QED) is 0.749. The molecular formula is C17H23ClO3. The summed E-state index contributed by atoms with van der Waals surface area (Å²) in [4.78, 5) is 11.5. The fourth-order valence-corrected chi connectivity index (χ4v) is 2.97. The van der Waals surface area contributed by atoms with Crippen LogP contribution in [0.4, 0.5) is 0 Å². The van der Waals surface area contributed by atoms with Gasteiger partial charge in [-0.05, 0) is 57.6 Å². The lowest BCUT2D eigenvalue weighted by Crippen LogP contribution is -2.26. The van der Waals surface area contributed by atoms with E-state index in [9.17, 15) is 4.79 Å². The van der Waals surface area contributed by atoms with Crippen LogP contribution in [0.2, 0.25) is 5.02 Å². The Balaban J connectivity index is 1.81. The van der Waals surface area contributed by atoms with Crippen molar-refractivity contribution in [3.63, 3.8) is 0 Å². The average Bonchev–Trinajstić information content (AvgIpc) is 2.46. The predicted octanol–water partition coefficient (Wildman–Crippen LogP) is 4.54. The molecule has 0 N–H and O–H groups in total. The van der Waals surface area contributed by atoms with Crippen LogP contribution in [-0.2, 0) is 9.53 Å². The van der Waals surface area contributed by atoms with E-state index in [1.54, 1.807) is 0 Å². The summed E-state index contributed by atoms with van der Waals surface area (Å²) in [5, 5.41) is 0.739. The zero-order chi connectivity index (χ0) is 15.2. The minimum Gasteiger partial charge on any atom is -0.490 e. The van der Waals surface area contributed by atoms with Gasteiger partial charge in [-0.25, -0.2) is 0 Å². The standard InChI is InChI=1S/C17H23ClO3/c1-3-20-17(19)11-13-7-9-14(10-8-13)21-16-6-4-5-15(18)12(16)2/h4-6,13-14H,3,7-11H2,1-2H3. The van der Waals surface area contributed by atoms with Crippen molar-refractivity contribution in [2.45, 2.75) is 52.1 Å². The predicted molar refractivity (Wildman–Crippen MR) is 83.8 cm³/mol. The topological polar surface area (TPSA) is 35.5 Å². The van der Waals surface area contributed by atoms with Gasteiger partial charge in [0.2, 0.25) is 0 Å². The zero-order valence-electron chi connectivity index (χ0n) is 12.7. The summed E-state index contributed by atoms with van der Waals surface area (Å²) >= 11 is 6.11. The Kier molecular flexibility index (Phi) is 5.92. The minimum absolute atomic E-state index is 0.0763. The summed E-state index contributed by atoms with van der Waals surface area (Å²) in [6, 6.07) is 5.75. The molecule has 1 saturated carbocycles. The van der Waals surface area contributed by atoms with Crippen molar-refractivity contribution >= 4 is 17.6 Å². The van der Waals surface area contributed by atoms with Crippen LogP contribution in [0.1, 0.15) is 44.6 Å². The van der Waals surface area contributed by atoms with Crippen molar-refractivity contribution in [2.75, 3.05) is 6.61 Å². The van der Waals surface area contributed by atoms with E-state index in [1.165, 1.54) is 0 Å². The molecule has 0 aromatic heterocycles. The largest absolute Gasteiger partial charge is 0.490 e. The number of rotatable bonds is 5. The van der Waals surface area contributed by atoms with Crippen molar-refractivity contribution in [3.05, 3.63) is 28.8 Å². The Morgan fingerprint density at radius 1 is 1.29 bits per heavy atom. The molecule has 0 saturated heterocycles. The Morgan fingerprint density at radius 2 is 2.00 bits per heavy atom. The summed E-state index contributed by atoms with van der Waals surface area (Å²) in [7, 11) is 0. The molecule has 2 rings (SSSR count). The number of carbonyl (C=O) groups excluding carboxylic acids is 1. The van der Waals surface area contributed by atoms with Crippen LogP contribution in [0.3, 0.4) is 0 Å². The number of benzene rings is 1. The molecule has 21 heavy (non-hydrogen) atoms. The highest BCUT2D eigenvalue weighted by Gasteiger charge is 2.25. The lowest BCUT2D eigenvalue weighted by atomic mass is 9.85. The molecule has 0 aliphatic heterocycles. The highest BCUT2D eigenvalue weighted by Crippen LogP contribution is 2.32. The van der Waals surface area contributed by atoms with Gasteiger partial charge in [0, 0.05) is 17.0 Å². The van der Waals surface area contributed by atoms with Gasteiger partial charge < -0.3 is 9.47 Å². The number of hydrogen-bond acceptors (Lipinski definition) is 3. The molecule has 3 nitrogen and oxygen atoms in total. The molecule has 0 heterocycles. The smallest absolute Gasteiger partial charge is 0.306 e. The van der Waals surface area contributed by atoms with Crippen LogP contribution >= 0.6 is 11.6 Å². The number of esters is 1. The molecule has 1 aliphatic rings. The maximum Gasteiger partial charge on any atom is 0.306 e. The molecule has 0 bridgehead atoms. The highest BCUT2D eigenvalue weighted by atomic mass is 35.5. The summed E-state index contributed by atoms with van der Waals surface area (Å²) in [6.45, 7) is 4.28. The Labute approximate surface area is 131 Å². The fourth-order valence-electron chi connectivity index (χ4n) is 2.80. The van der Waals surface area contributed by atoms with Crippen LogP contribution < -0.4 is 4.74 Å². The third-order valence-corrected chi connectivity index (χ3v) is 4.48. The number of carbonyl (C=O) groups is 1. The average molecular weight is 311 g/mol. The van der Waals surface area contributed by atoms with Gasteiger partial charge in [0.25, 0.3) is 0 Å². The van der Waals surface area contributed by atoms with Gasteiger partial charge in [-0.1, -0.05) is 17.7 Å². The summed E-state index contributed by atoms with van der Waals surface area (Å²) in [5.74, 6) is 1.23. The van der Waals surface area contributed by atoms with Crippen molar-refractivity contribution in [3.8, 4) is 5.75 Å². The van der Waals surface area contributed by atoms with E-state index in [0.29, 0.717) is 18.9 Å². The molecule has 1 aromatic carbocycles. The zero-order valence-corrected chi connectivity index (χ0v) is 13.5. The molecule has 0 radical (unpaired) electrons. The Bertz CT molecular complexity index is 479. The van der Waals surface area contributed by atoms with Gasteiger partial charge in [-0.15, -0.1) is 0 Å². The van der Waals surface area contributed by atoms with Crippen LogP contribution in [0.25, 0.3) is 0 Å². The van der Waals surface area contributed by atoms with E-state index < -0.39 is 0 Å². The molecule has 1 aromatic rings. The lowest BCUT2D eigenvalue weighted by Gasteiger charge is -2.29. The second-order valence-corrected chi connectivity index (χ2v) is 6.04. The molecular weight excluding hydrogens is 288 g/mol. The molecule has 0 spiro atoms. The first-order valence-electron chi connectivity index (χ1n) is 7.67. The SMILES string of the molecule is CCOC(=O)CC1CCC(Oc2cccc(Cl)c2C)CC1. The molecule has 0 amide bonds. The minimum atomic E-state index is -0.0763. The number of ether oxygens (including phenoxy) is 2. The Hall–Kier alpha value is -1.22. The third kappa shape index (κ3) is 4.63. The van der Waals surface area contributed by atoms with E-state index in [2.05, 4.69) is 0 Å². The van der Waals surface area contributed by atoms with E-state index >= 15 is 0 Å². The first-order valence-corrected chi connectivity index (χ1v) is 8.05. The van der Waals surface area contributed by atoms with Gasteiger partial charge in [0.05, 0.1) is 12.7 Å². The van der Waals surface area contributed by atoms with E-state index in [1.807, 2.05) is 32.0 Å². The van der Waals surface area contributed by atoms with E-state index in [-0.39, 0.29) is 12.1 Å². The normalized spacial score (nSPS) is 21.9. The Morgan fingerprint density at radius 3 is 2.67 bits per heavy atom. The van der Waals surface area contributed by atoms with Crippen LogP contribution in [0, 0.1) is 12.8 Å². The van der Waals surface area contributed by atoms with E-state index in [0.717, 1.165) is 42.0 Å². The summed E-state index contributed by atoms with van der Waals surface area (Å²) < 4.78 is 11.1. The van der Waals surface area contributed by atoms with Crippen molar-refractivity contribution < 1.29 is 14.3 Å². The molecule has 0 unspecified atom stereocenters. The summed E-state index contributed by atoms with van der Waals surface area (Å²) in [6.07, 6.45) is 4.76. The molecule has 1 aliphatic carbocycles.